The highest BCUT2D eigenvalue weighted by molar-refractivity contribution is 5.64. The number of piperidine rings is 1. The standard InChI is InChI=1S/C23H20N6O2/c1-30-18-7-6-16(10-19(18)31-2)20-22(13-26,14-27)23(20,15-28)21(17(11-24)12-25)29-8-4-3-5-9-29/h6-7,10,20H,3-5,8-9H2,1-2H3/t20-,23+/m1/s1. The highest BCUT2D eigenvalue weighted by Crippen LogP contribution is 2.77. The van der Waals surface area contributed by atoms with Crippen LogP contribution in [0.2, 0.25) is 0 Å². The van der Waals surface area contributed by atoms with E-state index in [1.807, 2.05) is 29.2 Å². The van der Waals surface area contributed by atoms with Gasteiger partial charge in [0.25, 0.3) is 0 Å². The molecule has 8 nitrogen and oxygen atoms in total. The Morgan fingerprint density at radius 3 is 2.00 bits per heavy atom. The summed E-state index contributed by atoms with van der Waals surface area (Å²) < 4.78 is 10.6. The second-order valence-corrected chi connectivity index (χ2v) is 7.49. The molecule has 154 valence electrons. The van der Waals surface area contributed by atoms with Crippen LogP contribution < -0.4 is 9.47 Å². The first-order valence-corrected chi connectivity index (χ1v) is 9.80. The first kappa shape index (κ1) is 21.5. The van der Waals surface area contributed by atoms with Crippen LogP contribution in [-0.4, -0.2) is 32.2 Å². The summed E-state index contributed by atoms with van der Waals surface area (Å²) >= 11 is 0. The Hall–Kier alpha value is -4.19. The molecule has 1 aliphatic heterocycles. The van der Waals surface area contributed by atoms with Crippen LogP contribution in [0.25, 0.3) is 0 Å². The number of methoxy groups -OCH3 is 2. The lowest BCUT2D eigenvalue weighted by Gasteiger charge is -2.34. The molecule has 2 aliphatic rings. The SMILES string of the molecule is COc1ccc([C@@H]2C(C#N)(C#N)[C@]2(C#N)C(=C(C#N)C#N)N2CCCCC2)cc1OC. The molecule has 1 aromatic carbocycles. The number of rotatable bonds is 5. The average molecular weight is 412 g/mol. The van der Waals surface area contributed by atoms with Gasteiger partial charge in [0.1, 0.15) is 17.6 Å². The minimum absolute atomic E-state index is 0.183. The van der Waals surface area contributed by atoms with E-state index in [1.165, 1.54) is 14.2 Å². The van der Waals surface area contributed by atoms with E-state index in [1.54, 1.807) is 18.2 Å². The monoisotopic (exact) mass is 412 g/mol. The van der Waals surface area contributed by atoms with Gasteiger partial charge in [-0.25, -0.2) is 0 Å². The molecule has 8 heteroatoms. The molecule has 1 saturated carbocycles. The summed E-state index contributed by atoms with van der Waals surface area (Å²) in [5.41, 5.74) is -2.91. The number of nitrogens with zero attached hydrogens (tertiary/aromatic N) is 6. The lowest BCUT2D eigenvalue weighted by molar-refractivity contribution is 0.254. The fourth-order valence-corrected chi connectivity index (χ4v) is 4.72. The first-order chi connectivity index (χ1) is 15.0. The van der Waals surface area contributed by atoms with Gasteiger partial charge >= 0.3 is 0 Å². The van der Waals surface area contributed by atoms with E-state index in [4.69, 9.17) is 9.47 Å². The quantitative estimate of drug-likeness (QED) is 0.672. The van der Waals surface area contributed by atoms with E-state index in [0.29, 0.717) is 30.2 Å². The van der Waals surface area contributed by atoms with Crippen LogP contribution in [0.3, 0.4) is 0 Å². The zero-order valence-corrected chi connectivity index (χ0v) is 17.3. The average Bonchev–Trinajstić information content (AvgIpc) is 3.44. The number of ether oxygens (including phenoxy) is 2. The Labute approximate surface area is 181 Å². The van der Waals surface area contributed by atoms with Crippen molar-refractivity contribution in [3.8, 4) is 41.8 Å². The summed E-state index contributed by atoms with van der Waals surface area (Å²) in [6.07, 6.45) is 2.67. The van der Waals surface area contributed by atoms with Crippen molar-refractivity contribution in [2.75, 3.05) is 27.3 Å². The summed E-state index contributed by atoms with van der Waals surface area (Å²) in [7, 11) is 2.96. The van der Waals surface area contributed by atoms with E-state index in [-0.39, 0.29) is 11.3 Å². The number of likely N-dealkylation sites (tertiary alicyclic amines) is 1. The van der Waals surface area contributed by atoms with Crippen molar-refractivity contribution in [3.63, 3.8) is 0 Å². The van der Waals surface area contributed by atoms with Gasteiger partial charge < -0.3 is 14.4 Å². The maximum atomic E-state index is 10.4. The van der Waals surface area contributed by atoms with Crippen molar-refractivity contribution in [1.29, 1.82) is 26.3 Å². The maximum Gasteiger partial charge on any atom is 0.177 e. The van der Waals surface area contributed by atoms with Crippen LogP contribution in [0, 0.1) is 67.5 Å². The van der Waals surface area contributed by atoms with Crippen molar-refractivity contribution in [3.05, 3.63) is 35.0 Å². The fraction of sp³-hybridized carbons (Fsp3) is 0.435. The summed E-state index contributed by atoms with van der Waals surface area (Å²) in [6.45, 7) is 1.11. The number of allylic oxidation sites excluding steroid dienone is 2. The third-order valence-corrected chi connectivity index (χ3v) is 6.18. The van der Waals surface area contributed by atoms with Crippen LogP contribution >= 0.6 is 0 Å². The molecule has 1 heterocycles. The van der Waals surface area contributed by atoms with Gasteiger partial charge in [-0.05, 0) is 37.0 Å². The summed E-state index contributed by atoms with van der Waals surface area (Å²) in [5.74, 6) is 0.0109. The molecule has 2 atom stereocenters. The molecule has 0 aromatic heterocycles. The van der Waals surface area contributed by atoms with Crippen LogP contribution in [0.4, 0.5) is 0 Å². The smallest absolute Gasteiger partial charge is 0.177 e. The highest BCUT2D eigenvalue weighted by atomic mass is 16.5. The Balaban J connectivity index is 2.29. The van der Waals surface area contributed by atoms with Crippen molar-refractivity contribution in [2.45, 2.75) is 25.2 Å². The molecular weight excluding hydrogens is 392 g/mol. The van der Waals surface area contributed by atoms with Crippen LogP contribution in [0.1, 0.15) is 30.7 Å². The van der Waals surface area contributed by atoms with Crippen LogP contribution in [0.15, 0.2) is 29.5 Å². The largest absolute Gasteiger partial charge is 0.493 e. The molecule has 0 radical (unpaired) electrons. The van der Waals surface area contributed by atoms with Gasteiger partial charge in [-0.1, -0.05) is 6.07 Å². The molecule has 1 saturated heterocycles. The zero-order valence-electron chi connectivity index (χ0n) is 17.3. The van der Waals surface area contributed by atoms with Crippen LogP contribution in [-0.2, 0) is 0 Å². The number of hydrogen-bond acceptors (Lipinski definition) is 8. The lowest BCUT2D eigenvalue weighted by Crippen LogP contribution is -2.35. The van der Waals surface area contributed by atoms with Gasteiger partial charge in [-0.2, -0.15) is 26.3 Å². The molecule has 0 unspecified atom stereocenters. The summed E-state index contributed by atoms with van der Waals surface area (Å²) in [6, 6.07) is 15.0. The predicted octanol–water partition coefficient (Wildman–Crippen LogP) is 3.13. The highest BCUT2D eigenvalue weighted by Gasteiger charge is 2.83. The Bertz CT molecular complexity index is 1100. The van der Waals surface area contributed by atoms with Crippen molar-refractivity contribution < 1.29 is 9.47 Å². The Morgan fingerprint density at radius 1 is 0.903 bits per heavy atom. The van der Waals surface area contributed by atoms with Gasteiger partial charge in [-0.3, -0.25) is 0 Å². The van der Waals surface area contributed by atoms with E-state index in [2.05, 4.69) is 6.07 Å². The fourth-order valence-electron chi connectivity index (χ4n) is 4.72. The van der Waals surface area contributed by atoms with E-state index < -0.39 is 16.7 Å². The number of benzene rings is 1. The molecular formula is C23H20N6O2. The second kappa shape index (κ2) is 8.28. The molecule has 0 bridgehead atoms. The first-order valence-electron chi connectivity index (χ1n) is 9.80. The minimum Gasteiger partial charge on any atom is -0.493 e. The van der Waals surface area contributed by atoms with Crippen molar-refractivity contribution >= 4 is 0 Å². The minimum atomic E-state index is -1.74. The van der Waals surface area contributed by atoms with Gasteiger partial charge in [0.15, 0.2) is 22.5 Å². The third kappa shape index (κ3) is 2.92. The summed E-state index contributed by atoms with van der Waals surface area (Å²) in [5, 5.41) is 49.8. The Kier molecular flexibility index (Phi) is 5.75. The Morgan fingerprint density at radius 2 is 1.52 bits per heavy atom. The summed E-state index contributed by atoms with van der Waals surface area (Å²) in [4.78, 5) is 1.83. The normalized spacial score (nSPS) is 23.0. The van der Waals surface area contributed by atoms with Gasteiger partial charge in [0.05, 0.1) is 38.1 Å². The van der Waals surface area contributed by atoms with Gasteiger partial charge in [-0.15, -0.1) is 0 Å². The number of hydrogen-bond donors (Lipinski definition) is 0. The molecule has 0 spiro atoms. The molecule has 3 rings (SSSR count). The zero-order chi connectivity index (χ0) is 22.6. The third-order valence-electron chi connectivity index (χ3n) is 6.18. The van der Waals surface area contributed by atoms with Crippen molar-refractivity contribution in [1.82, 2.24) is 4.90 Å². The molecule has 31 heavy (non-hydrogen) atoms. The topological polar surface area (TPSA) is 141 Å². The molecule has 1 aliphatic carbocycles. The maximum absolute atomic E-state index is 10.4. The van der Waals surface area contributed by atoms with E-state index in [9.17, 15) is 26.3 Å². The second-order valence-electron chi connectivity index (χ2n) is 7.49. The van der Waals surface area contributed by atoms with E-state index in [0.717, 1.165) is 19.3 Å². The van der Waals surface area contributed by atoms with Gasteiger partial charge in [0.2, 0.25) is 0 Å². The molecule has 1 aromatic rings. The lowest BCUT2D eigenvalue weighted by atomic mass is 9.87. The molecule has 2 fully saturated rings. The van der Waals surface area contributed by atoms with Crippen LogP contribution in [0.5, 0.6) is 11.5 Å². The van der Waals surface area contributed by atoms with Gasteiger partial charge in [0, 0.05) is 19.0 Å². The molecule has 0 N–H and O–H groups in total. The predicted molar refractivity (Wildman–Crippen MR) is 108 cm³/mol. The number of nitriles is 5. The van der Waals surface area contributed by atoms with E-state index >= 15 is 0 Å². The molecule has 0 amide bonds. The van der Waals surface area contributed by atoms with Crippen molar-refractivity contribution in [2.24, 2.45) is 10.8 Å².